The third-order valence-corrected chi connectivity index (χ3v) is 7.96. The van der Waals surface area contributed by atoms with E-state index in [0.717, 1.165) is 18.5 Å². The number of amides is 1. The average molecular weight is 485 g/mol. The molecule has 0 spiro atoms. The summed E-state index contributed by atoms with van der Waals surface area (Å²) < 4.78 is 67.9. The fourth-order valence-corrected chi connectivity index (χ4v) is 4.83. The maximum absolute atomic E-state index is 14.7. The molecule has 2 heterocycles. The molecule has 178 valence electrons. The van der Waals surface area contributed by atoms with Crippen LogP contribution < -0.4 is 15.8 Å². The summed E-state index contributed by atoms with van der Waals surface area (Å²) in [5, 5.41) is 2.50. The van der Waals surface area contributed by atoms with Crippen LogP contribution in [0.25, 0.3) is 0 Å². The molecule has 0 bridgehead atoms. The Morgan fingerprint density at radius 1 is 1.24 bits per heavy atom. The molecular formula is C20H22F3N5O4S. The first kappa shape index (κ1) is 24.4. The summed E-state index contributed by atoms with van der Waals surface area (Å²) >= 11 is 0. The smallest absolute Gasteiger partial charge is 0.275 e. The molecule has 3 rings (SSSR count). The van der Waals surface area contributed by atoms with Crippen LogP contribution in [-0.2, 0) is 15.4 Å². The Morgan fingerprint density at radius 2 is 1.94 bits per heavy atom. The summed E-state index contributed by atoms with van der Waals surface area (Å²) in [5.41, 5.74) is 4.33. The van der Waals surface area contributed by atoms with Gasteiger partial charge in [-0.25, -0.2) is 31.6 Å². The zero-order valence-corrected chi connectivity index (χ0v) is 18.8. The van der Waals surface area contributed by atoms with E-state index in [1.165, 1.54) is 32.9 Å². The molecule has 1 aliphatic heterocycles. The van der Waals surface area contributed by atoms with Gasteiger partial charge in [-0.15, -0.1) is 0 Å². The third-order valence-electron chi connectivity index (χ3n) is 5.26. The van der Waals surface area contributed by atoms with E-state index in [-0.39, 0.29) is 28.7 Å². The summed E-state index contributed by atoms with van der Waals surface area (Å²) in [6.45, 7) is 3.44. The Labute approximate surface area is 188 Å². The second-order valence-electron chi connectivity index (χ2n) is 8.13. The summed E-state index contributed by atoms with van der Waals surface area (Å²) in [6, 6.07) is 3.62. The first-order valence-electron chi connectivity index (χ1n) is 9.68. The number of sulfone groups is 1. The molecular weight excluding hydrogens is 463 g/mol. The van der Waals surface area contributed by atoms with Crippen molar-refractivity contribution in [3.63, 3.8) is 0 Å². The molecule has 0 fully saturated rings. The Kier molecular flexibility index (Phi) is 6.37. The largest absolute Gasteiger partial charge is 0.470 e. The van der Waals surface area contributed by atoms with Crippen molar-refractivity contribution in [1.82, 2.24) is 9.97 Å². The zero-order chi connectivity index (χ0) is 24.6. The predicted molar refractivity (Wildman–Crippen MR) is 115 cm³/mol. The first-order chi connectivity index (χ1) is 15.2. The number of carbonyl (C=O) groups is 1. The number of anilines is 1. The molecule has 33 heavy (non-hydrogen) atoms. The van der Waals surface area contributed by atoms with Crippen LogP contribution in [0, 0.1) is 5.82 Å². The summed E-state index contributed by atoms with van der Waals surface area (Å²) in [4.78, 5) is 24.3. The number of carbonyl (C=O) groups excluding carboxylic acids is 1. The molecule has 0 saturated carbocycles. The van der Waals surface area contributed by atoms with Crippen molar-refractivity contribution in [2.45, 2.75) is 37.5 Å². The normalized spacial score (nSPS) is 21.4. The molecule has 0 radical (unpaired) electrons. The molecule has 1 atom stereocenters. The minimum Gasteiger partial charge on any atom is -0.470 e. The number of alkyl halides is 2. The van der Waals surface area contributed by atoms with Crippen molar-refractivity contribution in [2.24, 2.45) is 10.7 Å². The van der Waals surface area contributed by atoms with E-state index in [9.17, 15) is 26.4 Å². The van der Waals surface area contributed by atoms with Crippen LogP contribution in [-0.4, -0.2) is 53.7 Å². The van der Waals surface area contributed by atoms with Gasteiger partial charge in [-0.05, 0) is 39.0 Å². The summed E-state index contributed by atoms with van der Waals surface area (Å²) in [6.07, 6.45) is -0.641. The quantitative estimate of drug-likeness (QED) is 0.641. The number of halogens is 3. The van der Waals surface area contributed by atoms with E-state index in [4.69, 9.17) is 10.5 Å². The van der Waals surface area contributed by atoms with Crippen molar-refractivity contribution in [1.29, 1.82) is 0 Å². The topological polar surface area (TPSA) is 137 Å². The van der Waals surface area contributed by atoms with Crippen molar-refractivity contribution < 1.29 is 31.1 Å². The molecule has 0 saturated heterocycles. The number of amidine groups is 1. The fourth-order valence-electron chi connectivity index (χ4n) is 3.15. The maximum atomic E-state index is 14.7. The minimum atomic E-state index is -3.76. The van der Waals surface area contributed by atoms with E-state index in [2.05, 4.69) is 20.3 Å². The molecule has 1 amide bonds. The number of nitrogens with one attached hydrogen (secondary N) is 1. The van der Waals surface area contributed by atoms with Crippen LogP contribution in [0.4, 0.5) is 18.9 Å². The number of nitrogens with two attached hydrogens (primary N) is 1. The lowest BCUT2D eigenvalue weighted by molar-refractivity contribution is 0.0792. The molecule has 9 nitrogen and oxygen atoms in total. The Bertz CT molecular complexity index is 1200. The van der Waals surface area contributed by atoms with Crippen molar-refractivity contribution in [3.8, 4) is 5.88 Å². The highest BCUT2D eigenvalue weighted by Crippen LogP contribution is 2.38. The monoisotopic (exact) mass is 485 g/mol. The van der Waals surface area contributed by atoms with Gasteiger partial charge >= 0.3 is 0 Å². The van der Waals surface area contributed by atoms with Crippen molar-refractivity contribution >= 4 is 27.3 Å². The van der Waals surface area contributed by atoms with Crippen LogP contribution in [0.15, 0.2) is 35.6 Å². The molecule has 0 unspecified atom stereocenters. The van der Waals surface area contributed by atoms with Crippen LogP contribution in [0.2, 0.25) is 0 Å². The lowest BCUT2D eigenvalue weighted by Crippen LogP contribution is -2.55. The highest BCUT2D eigenvalue weighted by molar-refractivity contribution is 7.93. The molecule has 2 aromatic rings. The SMILES string of the molecule is CC1(C)C(N)=N[C@](C)(c2cc(NC(=O)c3cnc(OCC(F)F)cn3)ccc2F)CS1(=O)=O. The van der Waals surface area contributed by atoms with Gasteiger partial charge in [0.2, 0.25) is 5.88 Å². The minimum absolute atomic E-state index is 0.0656. The van der Waals surface area contributed by atoms with E-state index in [1.54, 1.807) is 0 Å². The summed E-state index contributed by atoms with van der Waals surface area (Å²) in [5.74, 6) is -2.24. The molecule has 13 heteroatoms. The van der Waals surface area contributed by atoms with Gasteiger partial charge < -0.3 is 15.8 Å². The van der Waals surface area contributed by atoms with Gasteiger partial charge in [0.05, 0.1) is 18.1 Å². The van der Waals surface area contributed by atoms with Gasteiger partial charge in [0.15, 0.2) is 16.4 Å². The van der Waals surface area contributed by atoms with E-state index in [1.807, 2.05) is 0 Å². The number of aliphatic imine (C=N–C) groups is 1. The average Bonchev–Trinajstić information content (AvgIpc) is 2.72. The summed E-state index contributed by atoms with van der Waals surface area (Å²) in [7, 11) is -3.76. The highest BCUT2D eigenvalue weighted by Gasteiger charge is 2.49. The lowest BCUT2D eigenvalue weighted by atomic mass is 9.92. The zero-order valence-electron chi connectivity index (χ0n) is 18.0. The number of aromatic nitrogens is 2. The molecule has 1 aliphatic rings. The molecule has 1 aromatic carbocycles. The van der Waals surface area contributed by atoms with Gasteiger partial charge in [-0.1, -0.05) is 0 Å². The Morgan fingerprint density at radius 3 is 2.52 bits per heavy atom. The van der Waals surface area contributed by atoms with E-state index in [0.29, 0.717) is 0 Å². The van der Waals surface area contributed by atoms with Gasteiger partial charge in [0, 0.05) is 11.3 Å². The maximum Gasteiger partial charge on any atom is 0.275 e. The van der Waals surface area contributed by atoms with Gasteiger partial charge in [-0.2, -0.15) is 0 Å². The van der Waals surface area contributed by atoms with Crippen molar-refractivity contribution in [2.75, 3.05) is 17.7 Å². The molecule has 1 aromatic heterocycles. The number of hydrogen-bond donors (Lipinski definition) is 2. The Balaban J connectivity index is 1.85. The van der Waals surface area contributed by atoms with Crippen molar-refractivity contribution in [3.05, 3.63) is 47.7 Å². The lowest BCUT2D eigenvalue weighted by Gasteiger charge is -2.38. The van der Waals surface area contributed by atoms with Crippen LogP contribution in [0.3, 0.4) is 0 Å². The number of ether oxygens (including phenoxy) is 1. The molecule has 0 aliphatic carbocycles. The second kappa shape index (κ2) is 8.61. The van der Waals surface area contributed by atoms with Crippen LogP contribution in [0.1, 0.15) is 36.8 Å². The third kappa shape index (κ3) is 4.92. The first-order valence-corrected chi connectivity index (χ1v) is 11.3. The predicted octanol–water partition coefficient (Wildman–Crippen LogP) is 2.29. The van der Waals surface area contributed by atoms with Gasteiger partial charge in [0.25, 0.3) is 12.3 Å². The van der Waals surface area contributed by atoms with Crippen LogP contribution in [0.5, 0.6) is 5.88 Å². The number of benzene rings is 1. The van der Waals surface area contributed by atoms with Crippen LogP contribution >= 0.6 is 0 Å². The van der Waals surface area contributed by atoms with Gasteiger partial charge in [0.1, 0.15) is 27.6 Å². The number of rotatable bonds is 6. The molecule has 3 N–H and O–H groups in total. The van der Waals surface area contributed by atoms with E-state index >= 15 is 0 Å². The number of nitrogens with zero attached hydrogens (tertiary/aromatic N) is 3. The standard InChI is InChI=1S/C20H22F3N5O4S/c1-19(2)18(24)28-20(3,10-33(19,30)31)12-6-11(4-5-13(12)21)27-17(29)14-7-26-16(8-25-14)32-9-15(22)23/h4-8,15H,9-10H2,1-3H3,(H2,24,28)(H,27,29)/t20-/m0/s1. The number of hydrogen-bond acceptors (Lipinski definition) is 8. The fraction of sp³-hybridized carbons (Fsp3) is 0.400. The second-order valence-corrected chi connectivity index (χ2v) is 10.7. The van der Waals surface area contributed by atoms with Gasteiger partial charge in [-0.3, -0.25) is 9.79 Å². The van der Waals surface area contributed by atoms with E-state index < -0.39 is 50.6 Å². The highest BCUT2D eigenvalue weighted by atomic mass is 32.2. The Hall–Kier alpha value is -3.22.